The van der Waals surface area contributed by atoms with E-state index < -0.39 is 17.5 Å². The molecule has 0 aliphatic heterocycles. The van der Waals surface area contributed by atoms with Crippen LogP contribution in [-0.2, 0) is 0 Å². The van der Waals surface area contributed by atoms with Gasteiger partial charge in [0.1, 0.15) is 11.6 Å². The van der Waals surface area contributed by atoms with Crippen LogP contribution in [0.2, 0.25) is 0 Å². The Labute approximate surface area is 108 Å². The highest BCUT2D eigenvalue weighted by Crippen LogP contribution is 2.14. The summed E-state index contributed by atoms with van der Waals surface area (Å²) in [6, 6.07) is 5.76. The number of carbonyl (C=O) groups is 1. The summed E-state index contributed by atoms with van der Waals surface area (Å²) in [5.74, 6) is -1.83. The van der Waals surface area contributed by atoms with Crippen LogP contribution >= 0.6 is 0 Å². The molecule has 1 amide bonds. The third-order valence-corrected chi connectivity index (χ3v) is 2.38. The first-order valence-electron chi connectivity index (χ1n) is 5.36. The molecule has 0 bridgehead atoms. The fourth-order valence-electron chi connectivity index (χ4n) is 1.44. The number of rotatable bonds is 3. The molecule has 4 nitrogen and oxygen atoms in total. The van der Waals surface area contributed by atoms with Crippen LogP contribution in [0.5, 0.6) is 5.88 Å². The zero-order chi connectivity index (χ0) is 13.8. The zero-order valence-corrected chi connectivity index (χ0v) is 9.98. The molecule has 98 valence electrons. The molecule has 0 unspecified atom stereocenters. The summed E-state index contributed by atoms with van der Waals surface area (Å²) in [5.41, 5.74) is -0.00900. The van der Waals surface area contributed by atoms with Crippen LogP contribution in [0.4, 0.5) is 14.5 Å². The Bertz CT molecular complexity index is 600. The van der Waals surface area contributed by atoms with Crippen LogP contribution in [0.25, 0.3) is 0 Å². The minimum atomic E-state index is -0.791. The fraction of sp³-hybridized carbons (Fsp3) is 0.0769. The van der Waals surface area contributed by atoms with Gasteiger partial charge in [0.05, 0.1) is 24.6 Å². The van der Waals surface area contributed by atoms with E-state index in [1.54, 1.807) is 6.07 Å². The summed E-state index contributed by atoms with van der Waals surface area (Å²) in [5, 5.41) is 2.41. The van der Waals surface area contributed by atoms with E-state index in [0.717, 1.165) is 18.2 Å². The van der Waals surface area contributed by atoms with Crippen molar-refractivity contribution in [2.24, 2.45) is 0 Å². The Kier molecular flexibility index (Phi) is 3.70. The molecule has 1 aromatic carbocycles. The van der Waals surface area contributed by atoms with Crippen molar-refractivity contribution in [3.8, 4) is 5.88 Å². The summed E-state index contributed by atoms with van der Waals surface area (Å²) in [4.78, 5) is 15.6. The van der Waals surface area contributed by atoms with E-state index in [-0.39, 0.29) is 5.56 Å². The minimum Gasteiger partial charge on any atom is -0.481 e. The summed E-state index contributed by atoms with van der Waals surface area (Å²) in [6.45, 7) is 0. The van der Waals surface area contributed by atoms with Crippen molar-refractivity contribution in [1.82, 2.24) is 4.98 Å². The van der Waals surface area contributed by atoms with Gasteiger partial charge in [-0.05, 0) is 24.3 Å². The van der Waals surface area contributed by atoms with Crippen molar-refractivity contribution >= 4 is 11.6 Å². The van der Waals surface area contributed by atoms with Gasteiger partial charge < -0.3 is 10.1 Å². The number of halogens is 2. The summed E-state index contributed by atoms with van der Waals surface area (Å²) < 4.78 is 31.2. The average molecular weight is 264 g/mol. The largest absolute Gasteiger partial charge is 0.481 e. The first kappa shape index (κ1) is 12.9. The van der Waals surface area contributed by atoms with Gasteiger partial charge in [0, 0.05) is 6.07 Å². The summed E-state index contributed by atoms with van der Waals surface area (Å²) in [6.07, 6.45) is 1.36. The van der Waals surface area contributed by atoms with Crippen LogP contribution in [0.15, 0.2) is 36.5 Å². The number of hydrogen-bond acceptors (Lipinski definition) is 3. The number of ether oxygens (including phenoxy) is 1. The molecule has 0 fully saturated rings. The predicted octanol–water partition coefficient (Wildman–Crippen LogP) is 2.62. The van der Waals surface area contributed by atoms with Crippen LogP contribution in [-0.4, -0.2) is 18.0 Å². The Morgan fingerprint density at radius 3 is 2.68 bits per heavy atom. The highest BCUT2D eigenvalue weighted by Gasteiger charge is 2.13. The number of pyridine rings is 1. The molecular formula is C13H10F2N2O2. The number of anilines is 1. The maximum Gasteiger partial charge on any atom is 0.258 e. The normalized spacial score (nSPS) is 10.1. The van der Waals surface area contributed by atoms with Crippen molar-refractivity contribution < 1.29 is 18.3 Å². The smallest absolute Gasteiger partial charge is 0.258 e. The molecule has 1 heterocycles. The molecule has 2 rings (SSSR count). The van der Waals surface area contributed by atoms with E-state index in [0.29, 0.717) is 11.6 Å². The van der Waals surface area contributed by atoms with Gasteiger partial charge in [-0.3, -0.25) is 4.79 Å². The summed E-state index contributed by atoms with van der Waals surface area (Å²) >= 11 is 0. The fourth-order valence-corrected chi connectivity index (χ4v) is 1.44. The Morgan fingerprint density at radius 1 is 1.26 bits per heavy atom. The lowest BCUT2D eigenvalue weighted by Gasteiger charge is -2.06. The molecule has 1 aromatic heterocycles. The molecule has 0 saturated heterocycles. The Morgan fingerprint density at radius 2 is 2.05 bits per heavy atom. The molecule has 2 aromatic rings. The van der Waals surface area contributed by atoms with Gasteiger partial charge in [-0.1, -0.05) is 0 Å². The van der Waals surface area contributed by atoms with E-state index in [1.165, 1.54) is 19.4 Å². The number of hydrogen-bond donors (Lipinski definition) is 1. The molecule has 0 radical (unpaired) electrons. The number of aromatic nitrogens is 1. The van der Waals surface area contributed by atoms with Crippen molar-refractivity contribution in [3.05, 3.63) is 53.7 Å². The van der Waals surface area contributed by atoms with E-state index in [9.17, 15) is 13.6 Å². The minimum absolute atomic E-state index is 0.356. The van der Waals surface area contributed by atoms with Gasteiger partial charge in [-0.2, -0.15) is 0 Å². The quantitative estimate of drug-likeness (QED) is 0.927. The molecule has 1 N–H and O–H groups in total. The second-order valence-electron chi connectivity index (χ2n) is 3.67. The third-order valence-electron chi connectivity index (χ3n) is 2.38. The third kappa shape index (κ3) is 3.04. The molecule has 19 heavy (non-hydrogen) atoms. The van der Waals surface area contributed by atoms with Gasteiger partial charge in [0.2, 0.25) is 5.88 Å². The second-order valence-corrected chi connectivity index (χ2v) is 3.67. The molecule has 0 atom stereocenters. The van der Waals surface area contributed by atoms with Crippen LogP contribution < -0.4 is 10.1 Å². The number of benzene rings is 1. The molecule has 0 aliphatic rings. The number of carbonyl (C=O) groups excluding carboxylic acids is 1. The molecule has 0 aliphatic carbocycles. The van der Waals surface area contributed by atoms with Crippen molar-refractivity contribution in [3.63, 3.8) is 0 Å². The number of methoxy groups -OCH3 is 1. The Balaban J connectivity index is 2.18. The van der Waals surface area contributed by atoms with Crippen LogP contribution in [0.3, 0.4) is 0 Å². The lowest BCUT2D eigenvalue weighted by molar-refractivity contribution is 0.102. The molecule has 6 heteroatoms. The summed E-state index contributed by atoms with van der Waals surface area (Å²) in [7, 11) is 1.46. The first-order chi connectivity index (χ1) is 9.10. The van der Waals surface area contributed by atoms with E-state index >= 15 is 0 Å². The van der Waals surface area contributed by atoms with Gasteiger partial charge in [0.25, 0.3) is 5.91 Å². The van der Waals surface area contributed by atoms with Crippen molar-refractivity contribution in [1.29, 1.82) is 0 Å². The van der Waals surface area contributed by atoms with E-state index in [1.807, 2.05) is 0 Å². The molecule has 0 saturated carbocycles. The van der Waals surface area contributed by atoms with Crippen LogP contribution in [0, 0.1) is 11.6 Å². The van der Waals surface area contributed by atoms with Gasteiger partial charge in [-0.15, -0.1) is 0 Å². The highest BCUT2D eigenvalue weighted by atomic mass is 19.1. The van der Waals surface area contributed by atoms with Gasteiger partial charge in [-0.25, -0.2) is 13.8 Å². The van der Waals surface area contributed by atoms with E-state index in [4.69, 9.17) is 4.74 Å². The molecular weight excluding hydrogens is 254 g/mol. The maximum absolute atomic E-state index is 13.4. The zero-order valence-electron chi connectivity index (χ0n) is 9.98. The van der Waals surface area contributed by atoms with E-state index in [2.05, 4.69) is 10.3 Å². The second kappa shape index (κ2) is 5.43. The lowest BCUT2D eigenvalue weighted by atomic mass is 10.2. The van der Waals surface area contributed by atoms with Gasteiger partial charge >= 0.3 is 0 Å². The number of nitrogens with zero attached hydrogens (tertiary/aromatic N) is 1. The maximum atomic E-state index is 13.4. The highest BCUT2D eigenvalue weighted by molar-refractivity contribution is 6.04. The SMILES string of the molecule is COc1ccc(NC(=O)c2cc(F)ccc2F)cn1. The standard InChI is InChI=1S/C13H10F2N2O2/c1-19-12-5-3-9(7-16-12)17-13(18)10-6-8(14)2-4-11(10)15/h2-7H,1H3,(H,17,18). The van der Waals surface area contributed by atoms with Crippen molar-refractivity contribution in [2.75, 3.05) is 12.4 Å². The van der Waals surface area contributed by atoms with Crippen LogP contribution in [0.1, 0.15) is 10.4 Å². The Hall–Kier alpha value is -2.50. The number of amides is 1. The van der Waals surface area contributed by atoms with Gasteiger partial charge in [0.15, 0.2) is 0 Å². The predicted molar refractivity (Wildman–Crippen MR) is 65.1 cm³/mol. The topological polar surface area (TPSA) is 51.2 Å². The number of nitrogens with one attached hydrogen (secondary N) is 1. The molecule has 0 spiro atoms. The first-order valence-corrected chi connectivity index (χ1v) is 5.36. The monoisotopic (exact) mass is 264 g/mol. The van der Waals surface area contributed by atoms with Crippen molar-refractivity contribution in [2.45, 2.75) is 0 Å². The average Bonchev–Trinajstić information content (AvgIpc) is 2.42. The lowest BCUT2D eigenvalue weighted by Crippen LogP contribution is -2.14.